The standard InChI is InChI=1S/C13H16BrNO2/c14-11-3-1-2-10(4-11)13(8-17-9-13)12(5-15)6-16-7-12/h1-4H,5-9,15H2. The van der Waals surface area contributed by atoms with E-state index in [1.807, 2.05) is 6.07 Å². The lowest BCUT2D eigenvalue weighted by Gasteiger charge is -2.59. The molecule has 2 N–H and O–H groups in total. The molecule has 0 radical (unpaired) electrons. The van der Waals surface area contributed by atoms with Crippen molar-refractivity contribution >= 4 is 15.9 Å². The Morgan fingerprint density at radius 1 is 1.18 bits per heavy atom. The molecule has 0 atom stereocenters. The minimum absolute atomic E-state index is 0.0454. The second-order valence-corrected chi connectivity index (χ2v) is 5.98. The number of ether oxygens (including phenoxy) is 2. The second-order valence-electron chi connectivity index (χ2n) is 5.06. The van der Waals surface area contributed by atoms with Crippen LogP contribution in [0.5, 0.6) is 0 Å². The van der Waals surface area contributed by atoms with Gasteiger partial charge in [0, 0.05) is 16.4 Å². The smallest absolute Gasteiger partial charge is 0.0593 e. The number of hydrogen-bond acceptors (Lipinski definition) is 3. The van der Waals surface area contributed by atoms with E-state index < -0.39 is 0 Å². The Bertz CT molecular complexity index is 422. The predicted molar refractivity (Wildman–Crippen MR) is 68.9 cm³/mol. The van der Waals surface area contributed by atoms with Crippen molar-refractivity contribution in [2.45, 2.75) is 5.41 Å². The van der Waals surface area contributed by atoms with Crippen LogP contribution in [-0.4, -0.2) is 33.0 Å². The first-order valence-electron chi connectivity index (χ1n) is 5.84. The maximum Gasteiger partial charge on any atom is 0.0593 e. The Balaban J connectivity index is 2.02. The van der Waals surface area contributed by atoms with Crippen LogP contribution in [0.4, 0.5) is 0 Å². The third kappa shape index (κ3) is 1.51. The van der Waals surface area contributed by atoms with Crippen LogP contribution in [0, 0.1) is 5.41 Å². The molecule has 3 rings (SSSR count). The van der Waals surface area contributed by atoms with Crippen molar-refractivity contribution in [3.63, 3.8) is 0 Å². The summed E-state index contributed by atoms with van der Waals surface area (Å²) in [5.74, 6) is 0. The van der Waals surface area contributed by atoms with E-state index in [9.17, 15) is 0 Å². The molecule has 0 amide bonds. The van der Waals surface area contributed by atoms with E-state index in [0.717, 1.165) is 30.9 Å². The molecule has 2 saturated heterocycles. The van der Waals surface area contributed by atoms with Crippen LogP contribution in [0.1, 0.15) is 5.56 Å². The fourth-order valence-electron chi connectivity index (χ4n) is 2.81. The van der Waals surface area contributed by atoms with Crippen molar-refractivity contribution in [3.05, 3.63) is 34.3 Å². The highest BCUT2D eigenvalue weighted by Gasteiger charge is 2.60. The number of hydrogen-bond donors (Lipinski definition) is 1. The number of nitrogens with two attached hydrogens (primary N) is 1. The van der Waals surface area contributed by atoms with E-state index in [1.54, 1.807) is 0 Å². The number of halogens is 1. The molecule has 0 bridgehead atoms. The summed E-state index contributed by atoms with van der Waals surface area (Å²) in [6.45, 7) is 3.66. The summed E-state index contributed by atoms with van der Waals surface area (Å²) in [6.07, 6.45) is 0. The van der Waals surface area contributed by atoms with Gasteiger partial charge in [-0.15, -0.1) is 0 Å². The fraction of sp³-hybridized carbons (Fsp3) is 0.538. The Morgan fingerprint density at radius 3 is 2.29 bits per heavy atom. The van der Waals surface area contributed by atoms with Crippen LogP contribution in [0.15, 0.2) is 28.7 Å². The summed E-state index contributed by atoms with van der Waals surface area (Å²) >= 11 is 3.53. The van der Waals surface area contributed by atoms with Crippen molar-refractivity contribution in [2.24, 2.45) is 11.1 Å². The van der Waals surface area contributed by atoms with Crippen molar-refractivity contribution in [3.8, 4) is 0 Å². The lowest BCUT2D eigenvalue weighted by molar-refractivity contribution is -0.223. The van der Waals surface area contributed by atoms with Crippen LogP contribution in [0.25, 0.3) is 0 Å². The summed E-state index contributed by atoms with van der Waals surface area (Å²) in [7, 11) is 0. The van der Waals surface area contributed by atoms with Gasteiger partial charge in [-0.2, -0.15) is 0 Å². The van der Waals surface area contributed by atoms with Crippen LogP contribution < -0.4 is 5.73 Å². The lowest BCUT2D eigenvalue weighted by Crippen LogP contribution is -2.69. The van der Waals surface area contributed by atoms with Gasteiger partial charge < -0.3 is 15.2 Å². The minimum atomic E-state index is 0.0454. The van der Waals surface area contributed by atoms with Crippen LogP contribution in [-0.2, 0) is 14.9 Å². The second kappa shape index (κ2) is 4.05. The van der Waals surface area contributed by atoms with E-state index in [-0.39, 0.29) is 10.8 Å². The van der Waals surface area contributed by atoms with E-state index in [1.165, 1.54) is 5.56 Å². The van der Waals surface area contributed by atoms with E-state index >= 15 is 0 Å². The van der Waals surface area contributed by atoms with Gasteiger partial charge in [0.2, 0.25) is 0 Å². The van der Waals surface area contributed by atoms with Gasteiger partial charge in [0.05, 0.1) is 31.8 Å². The lowest BCUT2D eigenvalue weighted by atomic mass is 9.57. The third-order valence-electron chi connectivity index (χ3n) is 4.24. The molecule has 2 aliphatic heterocycles. The van der Waals surface area contributed by atoms with Crippen molar-refractivity contribution in [2.75, 3.05) is 33.0 Å². The first-order chi connectivity index (χ1) is 8.22. The molecule has 3 nitrogen and oxygen atoms in total. The topological polar surface area (TPSA) is 44.5 Å². The summed E-state index contributed by atoms with van der Waals surface area (Å²) in [5.41, 5.74) is 7.41. The van der Waals surface area contributed by atoms with Gasteiger partial charge in [-0.3, -0.25) is 0 Å². The zero-order valence-corrected chi connectivity index (χ0v) is 11.2. The third-order valence-corrected chi connectivity index (χ3v) is 4.73. The van der Waals surface area contributed by atoms with Gasteiger partial charge in [0.25, 0.3) is 0 Å². The summed E-state index contributed by atoms with van der Waals surface area (Å²) < 4.78 is 12.0. The van der Waals surface area contributed by atoms with Gasteiger partial charge in [-0.1, -0.05) is 28.1 Å². The molecule has 1 aromatic rings. The molecule has 2 heterocycles. The van der Waals surface area contributed by atoms with Crippen LogP contribution in [0.2, 0.25) is 0 Å². The van der Waals surface area contributed by atoms with Gasteiger partial charge in [-0.05, 0) is 17.7 Å². The highest BCUT2D eigenvalue weighted by Crippen LogP contribution is 2.51. The van der Waals surface area contributed by atoms with Crippen LogP contribution >= 0.6 is 15.9 Å². The summed E-state index contributed by atoms with van der Waals surface area (Å²) in [4.78, 5) is 0. The zero-order chi connectivity index (χ0) is 11.9. The average molecular weight is 298 g/mol. The minimum Gasteiger partial charge on any atom is -0.380 e. The molecule has 4 heteroatoms. The molecule has 0 spiro atoms. The number of rotatable bonds is 3. The first-order valence-corrected chi connectivity index (χ1v) is 6.63. The predicted octanol–water partition coefficient (Wildman–Crippen LogP) is 1.69. The van der Waals surface area contributed by atoms with Gasteiger partial charge in [-0.25, -0.2) is 0 Å². The fourth-order valence-corrected chi connectivity index (χ4v) is 3.21. The molecule has 0 aliphatic carbocycles. The molecule has 2 aliphatic rings. The Labute approximate surface area is 109 Å². The van der Waals surface area contributed by atoms with Gasteiger partial charge in [0.1, 0.15) is 0 Å². The Hall–Kier alpha value is -0.420. The molecule has 0 unspecified atom stereocenters. The Morgan fingerprint density at radius 2 is 1.88 bits per heavy atom. The molecule has 0 saturated carbocycles. The molecule has 0 aromatic heterocycles. The van der Waals surface area contributed by atoms with E-state index in [4.69, 9.17) is 15.2 Å². The van der Waals surface area contributed by atoms with E-state index in [0.29, 0.717) is 6.54 Å². The maximum atomic E-state index is 5.99. The Kier molecular flexibility index (Phi) is 2.78. The highest BCUT2D eigenvalue weighted by atomic mass is 79.9. The molecule has 1 aromatic carbocycles. The zero-order valence-electron chi connectivity index (χ0n) is 9.62. The molecule has 2 fully saturated rings. The molecule has 92 valence electrons. The molecule has 17 heavy (non-hydrogen) atoms. The van der Waals surface area contributed by atoms with Crippen molar-refractivity contribution in [1.29, 1.82) is 0 Å². The average Bonchev–Trinajstić information content (AvgIpc) is 2.20. The van der Waals surface area contributed by atoms with E-state index in [2.05, 4.69) is 34.1 Å². The van der Waals surface area contributed by atoms with Crippen molar-refractivity contribution < 1.29 is 9.47 Å². The summed E-state index contributed by atoms with van der Waals surface area (Å²) in [6, 6.07) is 8.47. The molecular weight excluding hydrogens is 282 g/mol. The first kappa shape index (κ1) is 11.7. The van der Waals surface area contributed by atoms with Crippen molar-refractivity contribution in [1.82, 2.24) is 0 Å². The maximum absolute atomic E-state index is 5.99. The van der Waals surface area contributed by atoms with Gasteiger partial charge in [0.15, 0.2) is 0 Å². The van der Waals surface area contributed by atoms with Crippen LogP contribution in [0.3, 0.4) is 0 Å². The highest BCUT2D eigenvalue weighted by molar-refractivity contribution is 9.10. The SMILES string of the molecule is NCC1(C2(c3cccc(Br)c3)COC2)COC1. The van der Waals surface area contributed by atoms with Gasteiger partial charge >= 0.3 is 0 Å². The monoisotopic (exact) mass is 297 g/mol. The summed E-state index contributed by atoms with van der Waals surface area (Å²) in [5, 5.41) is 0. The quantitative estimate of drug-likeness (QED) is 0.923. The normalized spacial score (nSPS) is 24.8. The number of benzene rings is 1. The largest absolute Gasteiger partial charge is 0.380 e. The molecular formula is C13H16BrNO2.